The number of ether oxygens (including phenoxy) is 1. The summed E-state index contributed by atoms with van der Waals surface area (Å²) < 4.78 is 73.3. The average molecular weight is 327 g/mol. The van der Waals surface area contributed by atoms with Crippen molar-refractivity contribution in [2.75, 3.05) is 7.11 Å². The SMILES string of the molecule is CCC(C)O[P+](=O)C(OC)c1ccc(C(F)(F)F)cc1F. The first kappa shape index (κ1) is 18.0. The smallest absolute Gasteiger partial charge is 0.332 e. The van der Waals surface area contributed by atoms with Crippen molar-refractivity contribution in [1.82, 2.24) is 0 Å². The molecule has 0 aromatic heterocycles. The molecule has 0 saturated heterocycles. The summed E-state index contributed by atoms with van der Waals surface area (Å²) in [5, 5.41) is 0. The van der Waals surface area contributed by atoms with Gasteiger partial charge >= 0.3 is 20.0 Å². The fourth-order valence-corrected chi connectivity index (χ4v) is 2.76. The van der Waals surface area contributed by atoms with E-state index >= 15 is 0 Å². The second-order valence-corrected chi connectivity index (χ2v) is 5.68. The number of benzene rings is 1. The Balaban J connectivity index is 3.04. The lowest BCUT2D eigenvalue weighted by Gasteiger charge is -2.11. The van der Waals surface area contributed by atoms with Gasteiger partial charge in [0.05, 0.1) is 11.1 Å². The maximum absolute atomic E-state index is 13.8. The molecule has 118 valence electrons. The molecule has 0 radical (unpaired) electrons. The van der Waals surface area contributed by atoms with Gasteiger partial charge in [-0.15, -0.1) is 4.52 Å². The predicted molar refractivity (Wildman–Crippen MR) is 69.6 cm³/mol. The van der Waals surface area contributed by atoms with Gasteiger partial charge < -0.3 is 4.74 Å². The maximum atomic E-state index is 13.8. The lowest BCUT2D eigenvalue weighted by Crippen LogP contribution is -2.09. The zero-order chi connectivity index (χ0) is 16.2. The van der Waals surface area contributed by atoms with Gasteiger partial charge in [0.2, 0.25) is 0 Å². The van der Waals surface area contributed by atoms with Gasteiger partial charge in [-0.05, 0) is 36.1 Å². The van der Waals surface area contributed by atoms with E-state index in [1.54, 1.807) is 6.92 Å². The van der Waals surface area contributed by atoms with Gasteiger partial charge in [-0.2, -0.15) is 13.2 Å². The summed E-state index contributed by atoms with van der Waals surface area (Å²) in [5.74, 6) is -2.39. The Kier molecular flexibility index (Phi) is 6.25. The quantitative estimate of drug-likeness (QED) is 0.542. The second-order valence-electron chi connectivity index (χ2n) is 4.43. The van der Waals surface area contributed by atoms with Crippen LogP contribution in [-0.2, 0) is 20.0 Å². The van der Waals surface area contributed by atoms with Crippen molar-refractivity contribution >= 4 is 8.03 Å². The lowest BCUT2D eigenvalue weighted by atomic mass is 10.1. The van der Waals surface area contributed by atoms with E-state index in [1.807, 2.05) is 6.92 Å². The fraction of sp³-hybridized carbons (Fsp3) is 0.538. The van der Waals surface area contributed by atoms with Crippen molar-refractivity contribution in [2.24, 2.45) is 0 Å². The summed E-state index contributed by atoms with van der Waals surface area (Å²) in [6.45, 7) is 3.50. The molecule has 0 N–H and O–H groups in total. The summed E-state index contributed by atoms with van der Waals surface area (Å²) in [5.41, 5.74) is -1.34. The van der Waals surface area contributed by atoms with Crippen LogP contribution >= 0.6 is 8.03 Å². The number of hydrogen-bond acceptors (Lipinski definition) is 3. The first-order chi connectivity index (χ1) is 9.70. The maximum Gasteiger partial charge on any atom is 0.546 e. The molecule has 8 heteroatoms. The Bertz CT molecular complexity index is 505. The van der Waals surface area contributed by atoms with Crippen LogP contribution in [0.2, 0.25) is 0 Å². The third-order valence-electron chi connectivity index (χ3n) is 2.87. The van der Waals surface area contributed by atoms with Crippen molar-refractivity contribution in [3.05, 3.63) is 35.1 Å². The molecule has 3 atom stereocenters. The van der Waals surface area contributed by atoms with E-state index in [0.29, 0.717) is 12.5 Å². The molecule has 0 heterocycles. The van der Waals surface area contributed by atoms with Crippen molar-refractivity contribution in [3.63, 3.8) is 0 Å². The molecular weight excluding hydrogens is 311 g/mol. The highest BCUT2D eigenvalue weighted by Gasteiger charge is 2.39. The second kappa shape index (κ2) is 7.29. The molecule has 0 bridgehead atoms. The van der Waals surface area contributed by atoms with Crippen molar-refractivity contribution in [3.8, 4) is 0 Å². The summed E-state index contributed by atoms with van der Waals surface area (Å²) in [4.78, 5) is 0. The van der Waals surface area contributed by atoms with Crippen LogP contribution in [0, 0.1) is 5.82 Å². The van der Waals surface area contributed by atoms with E-state index in [9.17, 15) is 22.1 Å². The van der Waals surface area contributed by atoms with Gasteiger partial charge in [-0.3, -0.25) is 0 Å². The highest BCUT2D eigenvalue weighted by molar-refractivity contribution is 7.39. The summed E-state index contributed by atoms with van der Waals surface area (Å²) in [6.07, 6.45) is -4.38. The molecule has 21 heavy (non-hydrogen) atoms. The molecule has 3 nitrogen and oxygen atoms in total. The summed E-state index contributed by atoms with van der Waals surface area (Å²) >= 11 is 0. The molecular formula is C13H16F4O3P+. The third kappa shape index (κ3) is 4.73. The number of methoxy groups -OCH3 is 1. The predicted octanol–water partition coefficient (Wildman–Crippen LogP) is 5.05. The van der Waals surface area contributed by atoms with Gasteiger partial charge in [-0.25, -0.2) is 4.39 Å². The van der Waals surface area contributed by atoms with E-state index in [4.69, 9.17) is 9.26 Å². The minimum absolute atomic E-state index is 0.227. The molecule has 0 amide bonds. The average Bonchev–Trinajstić information content (AvgIpc) is 2.39. The highest BCUT2D eigenvalue weighted by atomic mass is 31.1. The molecule has 0 aliphatic heterocycles. The normalized spacial score (nSPS) is 15.7. The molecule has 3 unspecified atom stereocenters. The van der Waals surface area contributed by atoms with Crippen LogP contribution in [0.3, 0.4) is 0 Å². The molecule has 1 aromatic rings. The molecule has 0 aliphatic carbocycles. The molecule has 0 spiro atoms. The van der Waals surface area contributed by atoms with Gasteiger partial charge in [0.1, 0.15) is 11.9 Å². The highest BCUT2D eigenvalue weighted by Crippen LogP contribution is 2.45. The standard InChI is InChI=1S/C13H16F4O3P/c1-4-8(2)20-21(18)12(19-3)10-6-5-9(7-11(10)14)13(15,16)17/h5-8,12H,4H2,1-3H3/q+1. The minimum Gasteiger partial charge on any atom is -0.332 e. The monoisotopic (exact) mass is 327 g/mol. The van der Waals surface area contributed by atoms with Crippen molar-refractivity contribution in [2.45, 2.75) is 38.4 Å². The molecule has 0 saturated carbocycles. The number of rotatable bonds is 6. The number of alkyl halides is 3. The lowest BCUT2D eigenvalue weighted by molar-refractivity contribution is -0.137. The number of hydrogen-bond donors (Lipinski definition) is 0. The zero-order valence-electron chi connectivity index (χ0n) is 11.8. The Hall–Kier alpha value is -1.04. The van der Waals surface area contributed by atoms with Gasteiger partial charge in [-0.1, -0.05) is 6.92 Å². The molecule has 1 aromatic carbocycles. The van der Waals surface area contributed by atoms with Gasteiger partial charge in [0.25, 0.3) is 0 Å². The van der Waals surface area contributed by atoms with E-state index < -0.39 is 31.4 Å². The van der Waals surface area contributed by atoms with E-state index in [1.165, 1.54) is 7.11 Å². The van der Waals surface area contributed by atoms with Crippen molar-refractivity contribution < 1.29 is 31.4 Å². The van der Waals surface area contributed by atoms with Crippen LogP contribution in [0.4, 0.5) is 17.6 Å². The number of halogens is 4. The third-order valence-corrected chi connectivity index (χ3v) is 4.31. The molecule has 1 rings (SSSR count). The fourth-order valence-electron chi connectivity index (χ4n) is 1.54. The Morgan fingerprint density at radius 3 is 2.38 bits per heavy atom. The first-order valence-corrected chi connectivity index (χ1v) is 7.48. The van der Waals surface area contributed by atoms with Gasteiger partial charge in [0.15, 0.2) is 0 Å². The topological polar surface area (TPSA) is 35.5 Å². The van der Waals surface area contributed by atoms with E-state index in [0.717, 1.165) is 12.1 Å². The minimum atomic E-state index is -4.64. The molecule has 0 aliphatic rings. The zero-order valence-corrected chi connectivity index (χ0v) is 12.7. The van der Waals surface area contributed by atoms with Crippen LogP contribution < -0.4 is 0 Å². The summed E-state index contributed by atoms with van der Waals surface area (Å²) in [7, 11) is -1.22. The van der Waals surface area contributed by atoms with E-state index in [-0.39, 0.29) is 11.7 Å². The van der Waals surface area contributed by atoms with E-state index in [2.05, 4.69) is 0 Å². The van der Waals surface area contributed by atoms with Crippen LogP contribution in [0.15, 0.2) is 18.2 Å². The first-order valence-electron chi connectivity index (χ1n) is 6.23. The molecule has 0 fully saturated rings. The van der Waals surface area contributed by atoms with Crippen LogP contribution in [0.1, 0.15) is 37.2 Å². The largest absolute Gasteiger partial charge is 0.546 e. The Morgan fingerprint density at radius 1 is 1.33 bits per heavy atom. The Labute approximate surface area is 121 Å². The summed E-state index contributed by atoms with van der Waals surface area (Å²) in [6, 6.07) is 1.99. The van der Waals surface area contributed by atoms with Crippen molar-refractivity contribution in [1.29, 1.82) is 0 Å². The van der Waals surface area contributed by atoms with Crippen LogP contribution in [-0.4, -0.2) is 13.2 Å². The Morgan fingerprint density at radius 2 is 1.95 bits per heavy atom. The van der Waals surface area contributed by atoms with Crippen LogP contribution in [0.25, 0.3) is 0 Å². The van der Waals surface area contributed by atoms with Gasteiger partial charge in [0, 0.05) is 7.11 Å². The van der Waals surface area contributed by atoms with Crippen LogP contribution in [0.5, 0.6) is 0 Å².